The van der Waals surface area contributed by atoms with Crippen molar-refractivity contribution in [3.8, 4) is 11.3 Å². The molecule has 114 valence electrons. The van der Waals surface area contributed by atoms with Gasteiger partial charge in [-0.25, -0.2) is 4.39 Å². The number of hydrogen-bond acceptors (Lipinski definition) is 1. The van der Waals surface area contributed by atoms with Gasteiger partial charge in [-0.05, 0) is 84.3 Å². The normalized spacial score (nSPS) is 11.2. The van der Waals surface area contributed by atoms with Gasteiger partial charge in [-0.1, -0.05) is 12.1 Å². The van der Waals surface area contributed by atoms with Crippen LogP contribution in [-0.4, -0.2) is 11.5 Å². The lowest BCUT2D eigenvalue weighted by Gasteiger charge is -2.06. The van der Waals surface area contributed by atoms with E-state index in [-0.39, 0.29) is 5.82 Å². The number of H-pyrrole nitrogens is 1. The lowest BCUT2D eigenvalue weighted by Crippen LogP contribution is -1.99. The molecular weight excluding hydrogens is 390 g/mol. The predicted molar refractivity (Wildman–Crippen MR) is 98.4 cm³/mol. The van der Waals surface area contributed by atoms with Crippen molar-refractivity contribution < 1.29 is 4.39 Å². The van der Waals surface area contributed by atoms with Crippen molar-refractivity contribution >= 4 is 33.5 Å². The van der Waals surface area contributed by atoms with Crippen LogP contribution < -0.4 is 5.73 Å². The Morgan fingerprint density at radius 1 is 1.09 bits per heavy atom. The number of nitrogens with one attached hydrogen (secondary N) is 1. The number of aryl methyl sites for hydroxylation is 1. The molecule has 22 heavy (non-hydrogen) atoms. The smallest absolute Gasteiger partial charge is 0.132 e. The van der Waals surface area contributed by atoms with Crippen molar-refractivity contribution in [3.63, 3.8) is 0 Å². The molecule has 0 bridgehead atoms. The molecule has 0 spiro atoms. The first-order valence-electron chi connectivity index (χ1n) is 7.46. The SMILES string of the molecule is NCCCCc1c(-c2ccccc2F)[nH]c2ccc(I)cc12. The molecule has 1 heterocycles. The lowest BCUT2D eigenvalue weighted by molar-refractivity contribution is 0.630. The second-order valence-electron chi connectivity index (χ2n) is 5.39. The van der Waals surface area contributed by atoms with Gasteiger partial charge in [0.25, 0.3) is 0 Å². The van der Waals surface area contributed by atoms with Crippen LogP contribution >= 0.6 is 22.6 Å². The highest BCUT2D eigenvalue weighted by Crippen LogP contribution is 2.33. The summed E-state index contributed by atoms with van der Waals surface area (Å²) in [6.45, 7) is 0.689. The van der Waals surface area contributed by atoms with Gasteiger partial charge in [-0.3, -0.25) is 0 Å². The highest BCUT2D eigenvalue weighted by Gasteiger charge is 2.15. The number of unbranched alkanes of at least 4 members (excludes halogenated alkanes) is 1. The van der Waals surface area contributed by atoms with Crippen LogP contribution in [0.25, 0.3) is 22.2 Å². The maximum absolute atomic E-state index is 14.2. The standard InChI is InChI=1S/C18H18FIN2/c19-16-7-2-1-6-14(16)18-13(5-3-4-10-21)15-11-12(20)8-9-17(15)22-18/h1-2,6-9,11,22H,3-5,10,21H2. The fourth-order valence-corrected chi connectivity index (χ4v) is 3.31. The van der Waals surface area contributed by atoms with Gasteiger partial charge in [0, 0.05) is 20.0 Å². The fourth-order valence-electron chi connectivity index (χ4n) is 2.82. The van der Waals surface area contributed by atoms with Crippen molar-refractivity contribution in [1.82, 2.24) is 4.98 Å². The molecule has 0 fully saturated rings. The number of nitrogens with two attached hydrogens (primary N) is 1. The molecule has 0 saturated heterocycles. The molecule has 3 rings (SSSR count). The number of rotatable bonds is 5. The monoisotopic (exact) mass is 408 g/mol. The van der Waals surface area contributed by atoms with Gasteiger partial charge in [0.15, 0.2) is 0 Å². The van der Waals surface area contributed by atoms with Gasteiger partial charge >= 0.3 is 0 Å². The van der Waals surface area contributed by atoms with Crippen molar-refractivity contribution in [2.45, 2.75) is 19.3 Å². The van der Waals surface area contributed by atoms with Gasteiger partial charge in [0.1, 0.15) is 5.82 Å². The summed E-state index contributed by atoms with van der Waals surface area (Å²) in [4.78, 5) is 3.40. The molecule has 0 aliphatic heterocycles. The fraction of sp³-hybridized carbons (Fsp3) is 0.222. The molecule has 0 amide bonds. The zero-order valence-electron chi connectivity index (χ0n) is 12.2. The first kappa shape index (κ1) is 15.5. The van der Waals surface area contributed by atoms with Gasteiger partial charge in [-0.2, -0.15) is 0 Å². The van der Waals surface area contributed by atoms with E-state index in [1.54, 1.807) is 6.07 Å². The number of halogens is 2. The van der Waals surface area contributed by atoms with Crippen LogP contribution in [0.4, 0.5) is 4.39 Å². The summed E-state index contributed by atoms with van der Waals surface area (Å²) in [7, 11) is 0. The minimum absolute atomic E-state index is 0.191. The van der Waals surface area contributed by atoms with Crippen molar-refractivity contribution in [3.05, 3.63) is 57.4 Å². The molecule has 3 aromatic rings. The average Bonchev–Trinajstić information content (AvgIpc) is 2.86. The number of fused-ring (bicyclic) bond motifs is 1. The van der Waals surface area contributed by atoms with E-state index in [1.807, 2.05) is 12.1 Å². The summed E-state index contributed by atoms with van der Waals surface area (Å²) in [5.41, 5.74) is 9.38. The molecule has 2 nitrogen and oxygen atoms in total. The minimum Gasteiger partial charge on any atom is -0.354 e. The Kier molecular flexibility index (Phi) is 4.78. The summed E-state index contributed by atoms with van der Waals surface area (Å²) >= 11 is 2.31. The van der Waals surface area contributed by atoms with Gasteiger partial charge in [0.2, 0.25) is 0 Å². The highest BCUT2D eigenvalue weighted by molar-refractivity contribution is 14.1. The van der Waals surface area contributed by atoms with E-state index in [9.17, 15) is 4.39 Å². The molecular formula is C18H18FIN2. The molecule has 0 saturated carbocycles. The second-order valence-corrected chi connectivity index (χ2v) is 6.64. The van der Waals surface area contributed by atoms with Crippen LogP contribution in [-0.2, 0) is 6.42 Å². The summed E-state index contributed by atoms with van der Waals surface area (Å²) in [6.07, 6.45) is 2.89. The van der Waals surface area contributed by atoms with E-state index in [1.165, 1.54) is 20.6 Å². The van der Waals surface area contributed by atoms with Crippen LogP contribution in [0.5, 0.6) is 0 Å². The molecule has 2 aromatic carbocycles. The quantitative estimate of drug-likeness (QED) is 0.460. The molecule has 4 heteroatoms. The second kappa shape index (κ2) is 6.79. The van der Waals surface area contributed by atoms with E-state index in [2.05, 4.69) is 45.8 Å². The number of aromatic nitrogens is 1. The largest absolute Gasteiger partial charge is 0.354 e. The van der Waals surface area contributed by atoms with Gasteiger partial charge in [0.05, 0.1) is 5.69 Å². The maximum Gasteiger partial charge on any atom is 0.132 e. The molecule has 0 aliphatic carbocycles. The Balaban J connectivity index is 2.15. The Morgan fingerprint density at radius 3 is 2.68 bits per heavy atom. The van der Waals surface area contributed by atoms with Crippen LogP contribution in [0.1, 0.15) is 18.4 Å². The molecule has 0 aliphatic rings. The Morgan fingerprint density at radius 2 is 1.91 bits per heavy atom. The van der Waals surface area contributed by atoms with E-state index >= 15 is 0 Å². The predicted octanol–water partition coefficient (Wildman–Crippen LogP) is 4.86. The summed E-state index contributed by atoms with van der Waals surface area (Å²) in [5.74, 6) is -0.191. The summed E-state index contributed by atoms with van der Waals surface area (Å²) in [6, 6.07) is 13.2. The lowest BCUT2D eigenvalue weighted by atomic mass is 10.00. The Labute approximate surface area is 143 Å². The summed E-state index contributed by atoms with van der Waals surface area (Å²) in [5, 5.41) is 1.18. The first-order chi connectivity index (χ1) is 10.7. The van der Waals surface area contributed by atoms with Gasteiger partial charge < -0.3 is 10.7 Å². The van der Waals surface area contributed by atoms with Crippen LogP contribution in [0.2, 0.25) is 0 Å². The Bertz CT molecular complexity index is 795. The molecule has 0 atom stereocenters. The van der Waals surface area contributed by atoms with Gasteiger partial charge in [-0.15, -0.1) is 0 Å². The van der Waals surface area contributed by atoms with E-state index in [4.69, 9.17) is 5.73 Å². The van der Waals surface area contributed by atoms with Crippen molar-refractivity contribution in [1.29, 1.82) is 0 Å². The third-order valence-electron chi connectivity index (χ3n) is 3.89. The summed E-state index contributed by atoms with van der Waals surface area (Å²) < 4.78 is 15.4. The first-order valence-corrected chi connectivity index (χ1v) is 8.53. The van der Waals surface area contributed by atoms with Crippen molar-refractivity contribution in [2.24, 2.45) is 5.73 Å². The number of hydrogen-bond donors (Lipinski definition) is 2. The molecule has 0 radical (unpaired) electrons. The van der Waals surface area contributed by atoms with Crippen LogP contribution in [0.3, 0.4) is 0 Å². The van der Waals surface area contributed by atoms with E-state index in [0.717, 1.165) is 30.5 Å². The maximum atomic E-state index is 14.2. The van der Waals surface area contributed by atoms with Crippen LogP contribution in [0.15, 0.2) is 42.5 Å². The average molecular weight is 408 g/mol. The number of benzene rings is 2. The van der Waals surface area contributed by atoms with Crippen molar-refractivity contribution in [2.75, 3.05) is 6.54 Å². The zero-order chi connectivity index (χ0) is 15.5. The highest BCUT2D eigenvalue weighted by atomic mass is 127. The van der Waals surface area contributed by atoms with Crippen LogP contribution in [0, 0.1) is 9.39 Å². The third-order valence-corrected chi connectivity index (χ3v) is 4.56. The van der Waals surface area contributed by atoms with E-state index < -0.39 is 0 Å². The molecule has 0 unspecified atom stereocenters. The Hall–Kier alpha value is -1.40. The minimum atomic E-state index is -0.191. The van der Waals surface area contributed by atoms with E-state index in [0.29, 0.717) is 12.1 Å². The molecule has 3 N–H and O–H groups in total. The zero-order valence-corrected chi connectivity index (χ0v) is 14.4. The molecule has 1 aromatic heterocycles. The topological polar surface area (TPSA) is 41.8 Å². The number of aromatic amines is 1. The third kappa shape index (κ3) is 3.03.